The van der Waals surface area contributed by atoms with Crippen LogP contribution in [-0.2, 0) is 6.54 Å². The first-order valence-electron chi connectivity index (χ1n) is 5.66. The van der Waals surface area contributed by atoms with Gasteiger partial charge in [-0.2, -0.15) is 0 Å². The highest BCUT2D eigenvalue weighted by molar-refractivity contribution is 9.10. The molecular formula is C13H16BrN3. The molecule has 0 aliphatic heterocycles. The maximum atomic E-state index is 4.32. The average Bonchev–Trinajstić information content (AvgIpc) is 2.70. The third-order valence-corrected chi connectivity index (χ3v) is 3.35. The molecule has 0 radical (unpaired) electrons. The molecule has 0 spiro atoms. The second-order valence-electron chi connectivity index (χ2n) is 4.10. The normalized spacial score (nSPS) is 10.6. The zero-order chi connectivity index (χ0) is 12.4. The van der Waals surface area contributed by atoms with Gasteiger partial charge in [-0.05, 0) is 53.9 Å². The zero-order valence-electron chi connectivity index (χ0n) is 10.3. The van der Waals surface area contributed by atoms with E-state index in [1.54, 1.807) is 0 Å². The number of aromatic nitrogens is 2. The van der Waals surface area contributed by atoms with Gasteiger partial charge in [-0.3, -0.25) is 0 Å². The Hall–Kier alpha value is -1.29. The minimum Gasteiger partial charge on any atom is -0.324 e. The molecule has 17 heavy (non-hydrogen) atoms. The van der Waals surface area contributed by atoms with Crippen molar-refractivity contribution >= 4 is 27.6 Å². The Morgan fingerprint density at radius 2 is 2.12 bits per heavy atom. The van der Waals surface area contributed by atoms with Crippen molar-refractivity contribution in [1.82, 2.24) is 9.55 Å². The summed E-state index contributed by atoms with van der Waals surface area (Å²) in [7, 11) is 0. The van der Waals surface area contributed by atoms with Crippen LogP contribution >= 0.6 is 15.9 Å². The van der Waals surface area contributed by atoms with Crippen LogP contribution in [0.4, 0.5) is 11.6 Å². The summed E-state index contributed by atoms with van der Waals surface area (Å²) in [4.78, 5) is 4.32. The quantitative estimate of drug-likeness (QED) is 0.926. The molecule has 0 amide bonds. The first-order valence-corrected chi connectivity index (χ1v) is 6.46. The molecule has 4 heteroatoms. The lowest BCUT2D eigenvalue weighted by Gasteiger charge is -2.13. The van der Waals surface area contributed by atoms with E-state index in [0.717, 1.165) is 22.7 Å². The number of hydrogen-bond donors (Lipinski definition) is 1. The molecule has 2 rings (SSSR count). The molecule has 0 aliphatic carbocycles. The summed E-state index contributed by atoms with van der Waals surface area (Å²) < 4.78 is 3.15. The van der Waals surface area contributed by atoms with E-state index in [4.69, 9.17) is 0 Å². The lowest BCUT2D eigenvalue weighted by molar-refractivity contribution is 0.771. The number of imidazole rings is 1. The van der Waals surface area contributed by atoms with Gasteiger partial charge in [-0.1, -0.05) is 6.07 Å². The van der Waals surface area contributed by atoms with Crippen LogP contribution in [0.2, 0.25) is 0 Å². The third-order valence-electron chi connectivity index (χ3n) is 2.72. The Morgan fingerprint density at radius 1 is 1.35 bits per heavy atom. The highest BCUT2D eigenvalue weighted by Crippen LogP contribution is 2.30. The van der Waals surface area contributed by atoms with Gasteiger partial charge in [0, 0.05) is 23.4 Å². The van der Waals surface area contributed by atoms with Crippen LogP contribution in [0, 0.1) is 13.8 Å². The monoisotopic (exact) mass is 293 g/mol. The van der Waals surface area contributed by atoms with E-state index in [1.165, 1.54) is 11.1 Å². The summed E-state index contributed by atoms with van der Waals surface area (Å²) in [5.41, 5.74) is 3.54. The standard InChI is InChI=1S/C13H16BrN3/c1-4-17-6-5-15-13(17)16-12-10(3)7-9(2)8-11(12)14/h5-8H,4H2,1-3H3,(H,15,16). The molecule has 0 atom stereocenters. The average molecular weight is 294 g/mol. The van der Waals surface area contributed by atoms with Gasteiger partial charge in [0.05, 0.1) is 5.69 Å². The molecule has 0 unspecified atom stereocenters. The van der Waals surface area contributed by atoms with Crippen molar-refractivity contribution in [2.45, 2.75) is 27.3 Å². The van der Waals surface area contributed by atoms with Crippen molar-refractivity contribution in [3.05, 3.63) is 40.1 Å². The number of anilines is 2. The molecule has 0 saturated carbocycles. The van der Waals surface area contributed by atoms with E-state index >= 15 is 0 Å². The number of rotatable bonds is 3. The van der Waals surface area contributed by atoms with Gasteiger partial charge in [-0.25, -0.2) is 4.98 Å². The van der Waals surface area contributed by atoms with Crippen LogP contribution in [0.15, 0.2) is 29.0 Å². The fourth-order valence-corrected chi connectivity index (χ4v) is 2.65. The molecule has 0 bridgehead atoms. The molecular weight excluding hydrogens is 278 g/mol. The fraction of sp³-hybridized carbons (Fsp3) is 0.308. The van der Waals surface area contributed by atoms with E-state index in [1.807, 2.05) is 12.4 Å². The van der Waals surface area contributed by atoms with Crippen LogP contribution in [0.1, 0.15) is 18.1 Å². The van der Waals surface area contributed by atoms with Gasteiger partial charge in [0.1, 0.15) is 0 Å². The van der Waals surface area contributed by atoms with Crippen LogP contribution in [0.5, 0.6) is 0 Å². The predicted octanol–water partition coefficient (Wildman–Crippen LogP) is 4.03. The van der Waals surface area contributed by atoms with Crippen molar-refractivity contribution in [1.29, 1.82) is 0 Å². The van der Waals surface area contributed by atoms with Crippen molar-refractivity contribution in [2.75, 3.05) is 5.32 Å². The number of nitrogens with zero attached hydrogens (tertiary/aromatic N) is 2. The van der Waals surface area contributed by atoms with Crippen LogP contribution < -0.4 is 5.32 Å². The summed E-state index contributed by atoms with van der Waals surface area (Å²) in [6, 6.07) is 4.26. The number of hydrogen-bond acceptors (Lipinski definition) is 2. The van der Waals surface area contributed by atoms with E-state index in [9.17, 15) is 0 Å². The van der Waals surface area contributed by atoms with E-state index in [-0.39, 0.29) is 0 Å². The Morgan fingerprint density at radius 3 is 2.76 bits per heavy atom. The maximum absolute atomic E-state index is 4.32. The van der Waals surface area contributed by atoms with Gasteiger partial charge < -0.3 is 9.88 Å². The molecule has 90 valence electrons. The molecule has 1 heterocycles. The highest BCUT2D eigenvalue weighted by Gasteiger charge is 2.08. The smallest absolute Gasteiger partial charge is 0.207 e. The van der Waals surface area contributed by atoms with Gasteiger partial charge in [0.2, 0.25) is 5.95 Å². The Balaban J connectivity index is 2.36. The summed E-state index contributed by atoms with van der Waals surface area (Å²) in [5.74, 6) is 0.875. The molecule has 2 aromatic rings. The van der Waals surface area contributed by atoms with E-state index < -0.39 is 0 Å². The topological polar surface area (TPSA) is 29.9 Å². The van der Waals surface area contributed by atoms with E-state index in [0.29, 0.717) is 0 Å². The Kier molecular flexibility index (Phi) is 3.52. The summed E-state index contributed by atoms with van der Waals surface area (Å²) >= 11 is 3.59. The van der Waals surface area contributed by atoms with Crippen molar-refractivity contribution in [3.8, 4) is 0 Å². The molecule has 3 nitrogen and oxygen atoms in total. The Labute approximate surface area is 110 Å². The lowest BCUT2D eigenvalue weighted by Crippen LogP contribution is -2.03. The van der Waals surface area contributed by atoms with Gasteiger partial charge in [0.15, 0.2) is 0 Å². The molecule has 1 aromatic carbocycles. The number of halogens is 1. The summed E-state index contributed by atoms with van der Waals surface area (Å²) in [5, 5.41) is 3.37. The van der Waals surface area contributed by atoms with Crippen molar-refractivity contribution in [2.24, 2.45) is 0 Å². The maximum Gasteiger partial charge on any atom is 0.207 e. The van der Waals surface area contributed by atoms with Crippen molar-refractivity contribution in [3.63, 3.8) is 0 Å². The molecule has 0 saturated heterocycles. The number of aryl methyl sites for hydroxylation is 3. The molecule has 0 fully saturated rings. The Bertz CT molecular complexity index is 508. The van der Waals surface area contributed by atoms with Crippen molar-refractivity contribution < 1.29 is 0 Å². The lowest BCUT2D eigenvalue weighted by atomic mass is 10.1. The third kappa shape index (κ3) is 2.52. The van der Waals surface area contributed by atoms with Gasteiger partial charge >= 0.3 is 0 Å². The van der Waals surface area contributed by atoms with Crippen LogP contribution in [0.3, 0.4) is 0 Å². The zero-order valence-corrected chi connectivity index (χ0v) is 11.9. The first-order chi connectivity index (χ1) is 8.11. The molecule has 1 aromatic heterocycles. The SMILES string of the molecule is CCn1ccnc1Nc1c(C)cc(C)cc1Br. The van der Waals surface area contributed by atoms with Crippen LogP contribution in [-0.4, -0.2) is 9.55 Å². The number of benzene rings is 1. The predicted molar refractivity (Wildman–Crippen MR) is 74.8 cm³/mol. The first kappa shape index (κ1) is 12.2. The number of nitrogens with one attached hydrogen (secondary N) is 1. The molecule has 0 aliphatic rings. The van der Waals surface area contributed by atoms with Gasteiger partial charge in [-0.15, -0.1) is 0 Å². The second-order valence-corrected chi connectivity index (χ2v) is 4.95. The largest absolute Gasteiger partial charge is 0.324 e. The minimum atomic E-state index is 0.875. The van der Waals surface area contributed by atoms with Gasteiger partial charge in [0.25, 0.3) is 0 Å². The fourth-order valence-electron chi connectivity index (χ4n) is 1.87. The van der Waals surface area contributed by atoms with E-state index in [2.05, 4.69) is 63.7 Å². The molecule has 1 N–H and O–H groups in total. The minimum absolute atomic E-state index is 0.875. The highest BCUT2D eigenvalue weighted by atomic mass is 79.9. The second kappa shape index (κ2) is 4.92. The summed E-state index contributed by atoms with van der Waals surface area (Å²) in [6.45, 7) is 7.20. The van der Waals surface area contributed by atoms with Crippen LogP contribution in [0.25, 0.3) is 0 Å². The summed E-state index contributed by atoms with van der Waals surface area (Å²) in [6.07, 6.45) is 3.78.